The fourth-order valence-corrected chi connectivity index (χ4v) is 3.49. The lowest BCUT2D eigenvalue weighted by molar-refractivity contribution is -0.115. The van der Waals surface area contributed by atoms with Crippen molar-refractivity contribution in [2.75, 3.05) is 10.6 Å². The summed E-state index contributed by atoms with van der Waals surface area (Å²) in [5.74, 6) is 0.0319. The van der Waals surface area contributed by atoms with Gasteiger partial charge in [-0.15, -0.1) is 11.3 Å². The molecule has 2 N–H and O–H groups in total. The lowest BCUT2D eigenvalue weighted by Gasteiger charge is -2.09. The minimum absolute atomic E-state index is 0.0319. The molecule has 1 aliphatic rings. The summed E-state index contributed by atoms with van der Waals surface area (Å²) in [4.78, 5) is 16.0. The van der Waals surface area contributed by atoms with Crippen LogP contribution in [0.5, 0.6) is 0 Å². The van der Waals surface area contributed by atoms with Crippen molar-refractivity contribution in [3.8, 4) is 11.3 Å². The Morgan fingerprint density at radius 1 is 1.27 bits per heavy atom. The lowest BCUT2D eigenvalue weighted by Crippen LogP contribution is -2.13. The summed E-state index contributed by atoms with van der Waals surface area (Å²) in [5.41, 5.74) is 2.89. The van der Waals surface area contributed by atoms with Gasteiger partial charge in [0.1, 0.15) is 0 Å². The molecular weight excluding hydrogens is 294 g/mol. The molecule has 1 fully saturated rings. The summed E-state index contributed by atoms with van der Waals surface area (Å²) >= 11 is 1.66. The fourth-order valence-electron chi connectivity index (χ4n) is 2.69. The molecule has 0 atom stereocenters. The molecular formula is C17H21N3OS. The molecule has 5 heteroatoms. The Bertz CT molecular complexity index is 630. The minimum atomic E-state index is 0.0319. The van der Waals surface area contributed by atoms with Crippen LogP contribution >= 0.6 is 11.3 Å². The van der Waals surface area contributed by atoms with Gasteiger partial charge in [-0.05, 0) is 25.0 Å². The number of carbonyl (C=O) groups excluding carboxylic acids is 1. The van der Waals surface area contributed by atoms with Crippen molar-refractivity contribution in [1.29, 1.82) is 0 Å². The van der Waals surface area contributed by atoms with Crippen molar-refractivity contribution in [3.05, 3.63) is 29.6 Å². The predicted molar refractivity (Wildman–Crippen MR) is 92.3 cm³/mol. The van der Waals surface area contributed by atoms with Crippen molar-refractivity contribution in [3.63, 3.8) is 0 Å². The van der Waals surface area contributed by atoms with Crippen LogP contribution in [-0.2, 0) is 4.79 Å². The Kier molecular flexibility index (Phi) is 4.73. The van der Waals surface area contributed by atoms with Crippen molar-refractivity contribution in [1.82, 2.24) is 4.98 Å². The monoisotopic (exact) mass is 315 g/mol. The Labute approximate surface area is 135 Å². The molecule has 1 aromatic heterocycles. The Hall–Kier alpha value is -1.88. The van der Waals surface area contributed by atoms with E-state index >= 15 is 0 Å². The molecule has 22 heavy (non-hydrogen) atoms. The molecule has 1 aliphatic carbocycles. The van der Waals surface area contributed by atoms with Gasteiger partial charge in [0.05, 0.1) is 5.69 Å². The quantitative estimate of drug-likeness (QED) is 0.853. The zero-order valence-electron chi connectivity index (χ0n) is 12.8. The van der Waals surface area contributed by atoms with Gasteiger partial charge in [-0.3, -0.25) is 4.79 Å². The zero-order chi connectivity index (χ0) is 15.4. The molecule has 0 saturated heterocycles. The van der Waals surface area contributed by atoms with Gasteiger partial charge in [-0.1, -0.05) is 31.9 Å². The summed E-state index contributed by atoms with van der Waals surface area (Å²) in [5, 5.41) is 9.47. The van der Waals surface area contributed by atoms with Crippen LogP contribution < -0.4 is 10.6 Å². The van der Waals surface area contributed by atoms with Gasteiger partial charge >= 0.3 is 0 Å². The normalized spacial score (nSPS) is 15.0. The maximum absolute atomic E-state index is 11.4. The number of hydrogen-bond acceptors (Lipinski definition) is 4. The third kappa shape index (κ3) is 3.65. The van der Waals surface area contributed by atoms with Crippen LogP contribution in [0.1, 0.15) is 39.0 Å². The second-order valence-corrected chi connectivity index (χ2v) is 6.50. The third-order valence-electron chi connectivity index (χ3n) is 3.97. The Balaban J connectivity index is 1.66. The van der Waals surface area contributed by atoms with E-state index in [0.29, 0.717) is 12.5 Å². The van der Waals surface area contributed by atoms with Crippen LogP contribution in [0.2, 0.25) is 0 Å². The molecule has 3 rings (SSSR count). The van der Waals surface area contributed by atoms with Crippen molar-refractivity contribution in [2.45, 2.75) is 45.1 Å². The predicted octanol–water partition coefficient (Wildman–Crippen LogP) is 4.51. The van der Waals surface area contributed by atoms with E-state index in [9.17, 15) is 4.79 Å². The van der Waals surface area contributed by atoms with Crippen LogP contribution in [0.4, 0.5) is 10.8 Å². The maximum atomic E-state index is 11.4. The summed E-state index contributed by atoms with van der Waals surface area (Å²) in [6, 6.07) is 8.43. The number of rotatable bonds is 5. The van der Waals surface area contributed by atoms with Crippen molar-refractivity contribution < 1.29 is 4.79 Å². The first-order valence-corrected chi connectivity index (χ1v) is 8.75. The molecule has 1 amide bonds. The number of aromatic nitrogens is 1. The van der Waals surface area contributed by atoms with Crippen LogP contribution in [0.3, 0.4) is 0 Å². The molecule has 0 unspecified atom stereocenters. The van der Waals surface area contributed by atoms with Crippen molar-refractivity contribution in [2.24, 2.45) is 0 Å². The van der Waals surface area contributed by atoms with Crippen LogP contribution in [0.15, 0.2) is 29.6 Å². The van der Waals surface area contributed by atoms with Gasteiger partial charge in [0.2, 0.25) is 5.91 Å². The van der Waals surface area contributed by atoms with Gasteiger partial charge in [0.15, 0.2) is 5.13 Å². The molecule has 0 radical (unpaired) electrons. The van der Waals surface area contributed by atoms with E-state index in [1.54, 1.807) is 11.3 Å². The van der Waals surface area contributed by atoms with E-state index in [2.05, 4.69) is 21.0 Å². The highest BCUT2D eigenvalue weighted by Crippen LogP contribution is 2.28. The third-order valence-corrected chi connectivity index (χ3v) is 4.75. The Morgan fingerprint density at radius 2 is 2.00 bits per heavy atom. The van der Waals surface area contributed by atoms with Gasteiger partial charge < -0.3 is 10.6 Å². The lowest BCUT2D eigenvalue weighted by atomic mass is 10.1. The van der Waals surface area contributed by atoms with E-state index in [-0.39, 0.29) is 5.91 Å². The second kappa shape index (κ2) is 6.92. The smallest absolute Gasteiger partial charge is 0.224 e. The summed E-state index contributed by atoms with van der Waals surface area (Å²) in [7, 11) is 0. The molecule has 1 saturated carbocycles. The molecule has 4 nitrogen and oxygen atoms in total. The van der Waals surface area contributed by atoms with E-state index < -0.39 is 0 Å². The highest BCUT2D eigenvalue weighted by Gasteiger charge is 2.16. The number of hydrogen-bond donors (Lipinski definition) is 2. The minimum Gasteiger partial charge on any atom is -0.359 e. The number of nitrogens with one attached hydrogen (secondary N) is 2. The van der Waals surface area contributed by atoms with E-state index in [1.165, 1.54) is 25.7 Å². The number of benzene rings is 1. The summed E-state index contributed by atoms with van der Waals surface area (Å²) in [6.45, 7) is 1.85. The number of carbonyl (C=O) groups is 1. The van der Waals surface area contributed by atoms with Gasteiger partial charge in [0, 0.05) is 29.1 Å². The van der Waals surface area contributed by atoms with E-state index in [0.717, 1.165) is 22.1 Å². The number of anilines is 2. The van der Waals surface area contributed by atoms with Crippen LogP contribution in [0.25, 0.3) is 11.3 Å². The van der Waals surface area contributed by atoms with Crippen molar-refractivity contribution >= 4 is 28.1 Å². The average molecular weight is 315 g/mol. The standard InChI is InChI=1S/C17H21N3OS/c1-2-16(21)18-14-9-7-12(8-10-14)15-11-22-17(20-15)19-13-5-3-4-6-13/h7-11,13H,2-6H2,1H3,(H,18,21)(H,19,20). The number of amides is 1. The zero-order valence-corrected chi connectivity index (χ0v) is 13.6. The van der Waals surface area contributed by atoms with E-state index in [1.807, 2.05) is 31.2 Å². The summed E-state index contributed by atoms with van der Waals surface area (Å²) in [6.07, 6.45) is 5.63. The first-order chi connectivity index (χ1) is 10.7. The van der Waals surface area contributed by atoms with Gasteiger partial charge in [-0.25, -0.2) is 4.98 Å². The van der Waals surface area contributed by atoms with Gasteiger partial charge in [0.25, 0.3) is 0 Å². The number of nitrogens with zero attached hydrogens (tertiary/aromatic N) is 1. The molecule has 2 aromatic rings. The topological polar surface area (TPSA) is 54.0 Å². The van der Waals surface area contributed by atoms with Crippen LogP contribution in [-0.4, -0.2) is 16.9 Å². The largest absolute Gasteiger partial charge is 0.359 e. The first-order valence-electron chi connectivity index (χ1n) is 7.87. The summed E-state index contributed by atoms with van der Waals surface area (Å²) < 4.78 is 0. The van der Waals surface area contributed by atoms with E-state index in [4.69, 9.17) is 0 Å². The number of thiazole rings is 1. The highest BCUT2D eigenvalue weighted by atomic mass is 32.1. The molecule has 1 aromatic carbocycles. The van der Waals surface area contributed by atoms with Gasteiger partial charge in [-0.2, -0.15) is 0 Å². The second-order valence-electron chi connectivity index (χ2n) is 5.64. The highest BCUT2D eigenvalue weighted by molar-refractivity contribution is 7.14. The Morgan fingerprint density at radius 3 is 2.68 bits per heavy atom. The molecule has 0 aliphatic heterocycles. The molecule has 0 bridgehead atoms. The molecule has 1 heterocycles. The molecule has 0 spiro atoms. The average Bonchev–Trinajstić information content (AvgIpc) is 3.20. The maximum Gasteiger partial charge on any atom is 0.224 e. The first kappa shape index (κ1) is 15.0. The van der Waals surface area contributed by atoms with Crippen LogP contribution in [0, 0.1) is 0 Å². The fraction of sp³-hybridized carbons (Fsp3) is 0.412. The SMILES string of the molecule is CCC(=O)Nc1ccc(-c2csc(NC3CCCC3)n2)cc1. The molecule has 116 valence electrons.